The number of nitrogens with two attached hydrogens (primary N) is 1. The molecule has 1 aliphatic rings. The molecule has 2 rings (SSSR count). The summed E-state index contributed by atoms with van der Waals surface area (Å²) in [7, 11) is -3.58. The summed E-state index contributed by atoms with van der Waals surface area (Å²) in [6.45, 7) is 2.08. The second-order valence-corrected chi connectivity index (χ2v) is 6.78. The number of sulfonamides is 1. The molecule has 0 saturated carbocycles. The summed E-state index contributed by atoms with van der Waals surface area (Å²) in [5.41, 5.74) is 2.31. The van der Waals surface area contributed by atoms with Crippen molar-refractivity contribution in [2.24, 2.45) is 11.1 Å². The van der Waals surface area contributed by atoms with Crippen LogP contribution in [-0.2, 0) is 21.4 Å². The van der Waals surface area contributed by atoms with Crippen molar-refractivity contribution in [2.75, 3.05) is 17.2 Å². The number of aliphatic hydroxyl groups excluding tert-OH is 1. The Bertz CT molecular complexity index is 627. The van der Waals surface area contributed by atoms with Crippen molar-refractivity contribution >= 4 is 21.6 Å². The highest BCUT2D eigenvalue weighted by atomic mass is 32.2. The minimum Gasteiger partial charge on any atom is -0.392 e. The molecule has 1 saturated heterocycles. The van der Waals surface area contributed by atoms with Gasteiger partial charge in [-0.05, 0) is 24.1 Å². The Labute approximate surface area is 118 Å². The normalized spacial score (nSPS) is 19.6. The van der Waals surface area contributed by atoms with Gasteiger partial charge in [0, 0.05) is 24.6 Å². The second-order valence-electron chi connectivity index (χ2n) is 5.12. The predicted molar refractivity (Wildman–Crippen MR) is 75.5 cm³/mol. The number of rotatable bonds is 4. The highest BCUT2D eigenvalue weighted by Gasteiger charge is 2.33. The molecule has 1 unspecified atom stereocenters. The largest absolute Gasteiger partial charge is 0.392 e. The Morgan fingerprint density at radius 2 is 2.15 bits per heavy atom. The Balaban J connectivity index is 2.24. The average Bonchev–Trinajstić information content (AvgIpc) is 2.68. The summed E-state index contributed by atoms with van der Waals surface area (Å²) in [5, 5.41) is 14.3. The lowest BCUT2D eigenvalue weighted by Gasteiger charge is -2.20. The van der Waals surface area contributed by atoms with Crippen LogP contribution >= 0.6 is 0 Å². The van der Waals surface area contributed by atoms with Crippen LogP contribution in [0.3, 0.4) is 0 Å². The fourth-order valence-electron chi connectivity index (χ4n) is 2.59. The third kappa shape index (κ3) is 3.17. The van der Waals surface area contributed by atoms with Crippen LogP contribution in [0, 0.1) is 12.8 Å². The standard InChI is InChI=1S/C13H18N2O4S/c1-9-11(7-16)3-2-4-12(9)15-6-10(5-13(15)17)8-20(14,18)19/h2-4,10,16H,5-8H2,1H3,(H2,14,18,19). The molecule has 1 atom stereocenters. The van der Waals surface area contributed by atoms with E-state index in [1.165, 1.54) is 0 Å². The molecule has 0 radical (unpaired) electrons. The Morgan fingerprint density at radius 3 is 2.75 bits per heavy atom. The van der Waals surface area contributed by atoms with E-state index >= 15 is 0 Å². The zero-order valence-electron chi connectivity index (χ0n) is 11.2. The number of anilines is 1. The number of amides is 1. The van der Waals surface area contributed by atoms with Gasteiger partial charge in [-0.25, -0.2) is 13.6 Å². The lowest BCUT2D eigenvalue weighted by Crippen LogP contribution is -2.28. The third-order valence-corrected chi connectivity index (χ3v) is 4.49. The molecule has 1 aromatic carbocycles. The third-order valence-electron chi connectivity index (χ3n) is 3.55. The molecule has 1 fully saturated rings. The molecule has 0 aromatic heterocycles. The SMILES string of the molecule is Cc1c(CO)cccc1N1CC(CS(N)(=O)=O)CC1=O. The number of hydrogen-bond donors (Lipinski definition) is 2. The fraction of sp³-hybridized carbons (Fsp3) is 0.462. The van der Waals surface area contributed by atoms with Crippen LogP contribution in [0.1, 0.15) is 17.5 Å². The van der Waals surface area contributed by atoms with E-state index < -0.39 is 10.0 Å². The van der Waals surface area contributed by atoms with Gasteiger partial charge in [-0.15, -0.1) is 0 Å². The number of aliphatic hydroxyl groups is 1. The van der Waals surface area contributed by atoms with E-state index in [9.17, 15) is 18.3 Å². The van der Waals surface area contributed by atoms with E-state index in [0.717, 1.165) is 16.8 Å². The van der Waals surface area contributed by atoms with Crippen molar-refractivity contribution in [3.05, 3.63) is 29.3 Å². The maximum Gasteiger partial charge on any atom is 0.227 e. The molecule has 1 aromatic rings. The molecule has 0 spiro atoms. The van der Waals surface area contributed by atoms with E-state index in [0.29, 0.717) is 6.54 Å². The molecule has 1 amide bonds. The molecule has 6 nitrogen and oxygen atoms in total. The van der Waals surface area contributed by atoms with Crippen LogP contribution < -0.4 is 10.0 Å². The van der Waals surface area contributed by atoms with Gasteiger partial charge in [-0.2, -0.15) is 0 Å². The summed E-state index contributed by atoms with van der Waals surface area (Å²) in [4.78, 5) is 13.6. The number of primary sulfonamides is 1. The van der Waals surface area contributed by atoms with Gasteiger partial charge in [0.1, 0.15) is 0 Å². The van der Waals surface area contributed by atoms with Gasteiger partial charge in [0.2, 0.25) is 15.9 Å². The maximum atomic E-state index is 12.1. The molecule has 3 N–H and O–H groups in total. The Kier molecular flexibility index (Phi) is 4.12. The Hall–Kier alpha value is -1.44. The summed E-state index contributed by atoms with van der Waals surface area (Å²) in [5.74, 6) is -0.583. The van der Waals surface area contributed by atoms with Gasteiger partial charge < -0.3 is 10.0 Å². The smallest absolute Gasteiger partial charge is 0.227 e. The van der Waals surface area contributed by atoms with Gasteiger partial charge in [0.15, 0.2) is 0 Å². The van der Waals surface area contributed by atoms with Gasteiger partial charge in [0.25, 0.3) is 0 Å². The molecule has 1 heterocycles. The minimum atomic E-state index is -3.58. The first-order valence-corrected chi connectivity index (χ1v) is 8.03. The molecule has 110 valence electrons. The number of hydrogen-bond acceptors (Lipinski definition) is 4. The van der Waals surface area contributed by atoms with E-state index in [1.807, 2.05) is 6.92 Å². The van der Waals surface area contributed by atoms with Gasteiger partial charge >= 0.3 is 0 Å². The first kappa shape index (κ1) is 15.0. The fourth-order valence-corrected chi connectivity index (χ4v) is 3.47. The predicted octanol–water partition coefficient (Wildman–Crippen LogP) is 0.129. The molecule has 0 bridgehead atoms. The van der Waals surface area contributed by atoms with E-state index in [-0.39, 0.29) is 30.6 Å². The van der Waals surface area contributed by atoms with Gasteiger partial charge in [-0.3, -0.25) is 4.79 Å². The van der Waals surface area contributed by atoms with Crippen LogP contribution in [0.4, 0.5) is 5.69 Å². The molecular formula is C13H18N2O4S. The summed E-state index contributed by atoms with van der Waals surface area (Å²) in [6.07, 6.45) is 0.180. The first-order valence-electron chi connectivity index (χ1n) is 6.32. The van der Waals surface area contributed by atoms with Crippen molar-refractivity contribution in [3.63, 3.8) is 0 Å². The van der Waals surface area contributed by atoms with Crippen molar-refractivity contribution in [1.82, 2.24) is 0 Å². The molecular weight excluding hydrogens is 280 g/mol. The topological polar surface area (TPSA) is 101 Å². The monoisotopic (exact) mass is 298 g/mol. The minimum absolute atomic E-state index is 0.0949. The van der Waals surface area contributed by atoms with Crippen LogP contribution in [0.5, 0.6) is 0 Å². The highest BCUT2D eigenvalue weighted by Crippen LogP contribution is 2.29. The van der Waals surface area contributed by atoms with E-state index in [2.05, 4.69) is 0 Å². The van der Waals surface area contributed by atoms with Crippen molar-refractivity contribution in [1.29, 1.82) is 0 Å². The number of carbonyl (C=O) groups excluding carboxylic acids is 1. The van der Waals surface area contributed by atoms with Crippen LogP contribution in [0.25, 0.3) is 0 Å². The average molecular weight is 298 g/mol. The van der Waals surface area contributed by atoms with Crippen molar-refractivity contribution in [2.45, 2.75) is 20.0 Å². The molecule has 1 aliphatic heterocycles. The van der Waals surface area contributed by atoms with E-state index in [1.54, 1.807) is 23.1 Å². The summed E-state index contributed by atoms with van der Waals surface area (Å²) < 4.78 is 22.2. The molecule has 20 heavy (non-hydrogen) atoms. The zero-order chi connectivity index (χ0) is 14.9. The summed E-state index contributed by atoms with van der Waals surface area (Å²) >= 11 is 0. The van der Waals surface area contributed by atoms with Crippen LogP contribution in [-0.4, -0.2) is 31.7 Å². The quantitative estimate of drug-likeness (QED) is 0.825. The van der Waals surface area contributed by atoms with Gasteiger partial charge in [0.05, 0.1) is 12.4 Å². The number of nitrogens with zero attached hydrogens (tertiary/aromatic N) is 1. The van der Waals surface area contributed by atoms with Crippen molar-refractivity contribution < 1.29 is 18.3 Å². The molecule has 7 heteroatoms. The Morgan fingerprint density at radius 1 is 1.45 bits per heavy atom. The van der Waals surface area contributed by atoms with Crippen LogP contribution in [0.15, 0.2) is 18.2 Å². The van der Waals surface area contributed by atoms with Crippen molar-refractivity contribution in [3.8, 4) is 0 Å². The lowest BCUT2D eigenvalue weighted by molar-refractivity contribution is -0.117. The van der Waals surface area contributed by atoms with Crippen LogP contribution in [0.2, 0.25) is 0 Å². The number of carbonyl (C=O) groups is 1. The van der Waals surface area contributed by atoms with E-state index in [4.69, 9.17) is 5.14 Å². The molecule has 0 aliphatic carbocycles. The second kappa shape index (κ2) is 5.51. The number of benzene rings is 1. The highest BCUT2D eigenvalue weighted by molar-refractivity contribution is 7.89. The lowest BCUT2D eigenvalue weighted by atomic mass is 10.1. The van der Waals surface area contributed by atoms with Gasteiger partial charge in [-0.1, -0.05) is 12.1 Å². The maximum absolute atomic E-state index is 12.1. The zero-order valence-corrected chi connectivity index (χ0v) is 12.1. The summed E-state index contributed by atoms with van der Waals surface area (Å²) in [6, 6.07) is 5.36. The first-order chi connectivity index (χ1) is 9.31.